The minimum atomic E-state index is -0.431. The van der Waals surface area contributed by atoms with Gasteiger partial charge in [0, 0.05) is 27.8 Å². The molecule has 0 bridgehead atoms. The summed E-state index contributed by atoms with van der Waals surface area (Å²) in [5, 5.41) is 3.83. The number of thiophene rings is 1. The molecule has 0 saturated carbocycles. The van der Waals surface area contributed by atoms with Crippen molar-refractivity contribution >= 4 is 39.0 Å². The lowest BCUT2D eigenvalue weighted by molar-refractivity contribution is 0.100. The summed E-state index contributed by atoms with van der Waals surface area (Å²) in [6.45, 7) is 0.661. The molecule has 5 rings (SSSR count). The fraction of sp³-hybridized carbons (Fsp3) is 0.0800. The number of amides is 1. The number of carbonyl (C=O) groups is 1. The Kier molecular flexibility index (Phi) is 4.52. The van der Waals surface area contributed by atoms with Crippen LogP contribution >= 0.6 is 11.3 Å². The first-order valence-corrected chi connectivity index (χ1v) is 10.5. The lowest BCUT2D eigenvalue weighted by Crippen LogP contribution is -2.11. The van der Waals surface area contributed by atoms with E-state index in [0.717, 1.165) is 38.7 Å². The number of nitrogens with zero attached hydrogens (tertiary/aromatic N) is 1. The predicted octanol–water partition coefficient (Wildman–Crippen LogP) is 5.48. The van der Waals surface area contributed by atoms with Crippen molar-refractivity contribution in [3.63, 3.8) is 0 Å². The van der Waals surface area contributed by atoms with Gasteiger partial charge in [-0.05, 0) is 65.0 Å². The van der Waals surface area contributed by atoms with Gasteiger partial charge in [-0.25, -0.2) is 0 Å². The molecule has 1 radical (unpaired) electrons. The fourth-order valence-electron chi connectivity index (χ4n) is 3.93. The van der Waals surface area contributed by atoms with E-state index in [-0.39, 0.29) is 0 Å². The smallest absolute Gasteiger partial charge is 0.249 e. The molecule has 0 spiro atoms. The average Bonchev–Trinajstić information content (AvgIpc) is 3.41. The Hall–Kier alpha value is -3.57. The monoisotopic (exact) mass is 411 g/mol. The third-order valence-electron chi connectivity index (χ3n) is 5.37. The number of rotatable bonds is 5. The van der Waals surface area contributed by atoms with Crippen LogP contribution in [0.4, 0.5) is 0 Å². The fourth-order valence-corrected chi connectivity index (χ4v) is 4.64. The van der Waals surface area contributed by atoms with Gasteiger partial charge in [0.25, 0.3) is 0 Å². The Morgan fingerprint density at radius 2 is 1.93 bits per heavy atom. The van der Waals surface area contributed by atoms with Crippen LogP contribution in [0.15, 0.2) is 72.1 Å². The summed E-state index contributed by atoms with van der Waals surface area (Å²) in [5.41, 5.74) is 10.5. The van der Waals surface area contributed by atoms with Gasteiger partial charge >= 0.3 is 0 Å². The molecule has 0 aliphatic carbocycles. The second-order valence-electron chi connectivity index (χ2n) is 7.12. The number of primary amides is 1. The standard InChI is InChI=1S/C25H19N2O2S/c1-29-18-10-7-16(8-11-18)15-27-21-5-2-4-20(25(26)28)24(21)19-12-9-17(14-22(19)27)23-6-3-13-30-23/h2-11,13-14H,15H2,1H3,(H2,26,28). The lowest BCUT2D eigenvalue weighted by atomic mass is 10.0. The Balaban J connectivity index is 1.77. The molecule has 2 N–H and O–H groups in total. The first-order valence-electron chi connectivity index (χ1n) is 9.59. The molecule has 0 unspecified atom stereocenters. The Morgan fingerprint density at radius 3 is 2.63 bits per heavy atom. The average molecular weight is 412 g/mol. The normalized spacial score (nSPS) is 11.2. The summed E-state index contributed by atoms with van der Waals surface area (Å²) in [5.74, 6) is 0.394. The number of hydrogen-bond donors (Lipinski definition) is 1. The summed E-state index contributed by atoms with van der Waals surface area (Å²) in [7, 11) is 1.66. The molecule has 3 aromatic carbocycles. The maximum atomic E-state index is 12.1. The van der Waals surface area contributed by atoms with Crippen LogP contribution in [-0.4, -0.2) is 17.6 Å². The molecule has 0 fully saturated rings. The number of hydrogen-bond acceptors (Lipinski definition) is 3. The molecule has 1 amide bonds. The van der Waals surface area contributed by atoms with Crippen LogP contribution in [0.5, 0.6) is 5.75 Å². The minimum Gasteiger partial charge on any atom is -0.497 e. The lowest BCUT2D eigenvalue weighted by Gasteiger charge is -2.09. The van der Waals surface area contributed by atoms with Crippen molar-refractivity contribution in [2.24, 2.45) is 5.73 Å². The highest BCUT2D eigenvalue weighted by Gasteiger charge is 2.17. The summed E-state index contributed by atoms with van der Waals surface area (Å²) in [6, 6.07) is 25.5. The van der Waals surface area contributed by atoms with Crippen molar-refractivity contribution < 1.29 is 9.53 Å². The van der Waals surface area contributed by atoms with Gasteiger partial charge in [0.15, 0.2) is 0 Å². The van der Waals surface area contributed by atoms with Gasteiger partial charge < -0.3 is 15.0 Å². The third-order valence-corrected chi connectivity index (χ3v) is 6.28. The molecule has 147 valence electrons. The summed E-state index contributed by atoms with van der Waals surface area (Å²) < 4.78 is 7.51. The first kappa shape index (κ1) is 18.5. The highest BCUT2D eigenvalue weighted by Crippen LogP contribution is 2.35. The van der Waals surface area contributed by atoms with Crippen LogP contribution in [0.1, 0.15) is 15.9 Å². The van der Waals surface area contributed by atoms with Crippen molar-refractivity contribution in [1.29, 1.82) is 0 Å². The van der Waals surface area contributed by atoms with E-state index < -0.39 is 5.91 Å². The van der Waals surface area contributed by atoms with Gasteiger partial charge in [-0.1, -0.05) is 24.3 Å². The number of carbonyl (C=O) groups excluding carboxylic acids is 1. The number of fused-ring (bicyclic) bond motifs is 3. The van der Waals surface area contributed by atoms with Crippen molar-refractivity contribution in [3.05, 3.63) is 89.3 Å². The maximum absolute atomic E-state index is 12.1. The highest BCUT2D eigenvalue weighted by atomic mass is 32.1. The van der Waals surface area contributed by atoms with Crippen LogP contribution in [0.3, 0.4) is 0 Å². The summed E-state index contributed by atoms with van der Waals surface area (Å²) >= 11 is 1.70. The van der Waals surface area contributed by atoms with E-state index in [1.807, 2.05) is 36.4 Å². The summed E-state index contributed by atoms with van der Waals surface area (Å²) in [6.07, 6.45) is 0. The van der Waals surface area contributed by atoms with E-state index >= 15 is 0 Å². The van der Waals surface area contributed by atoms with E-state index in [1.165, 1.54) is 4.88 Å². The molecule has 2 heterocycles. The number of ether oxygens (including phenoxy) is 1. The van der Waals surface area contributed by atoms with Gasteiger partial charge in [0.1, 0.15) is 5.75 Å². The van der Waals surface area contributed by atoms with Crippen molar-refractivity contribution in [2.45, 2.75) is 6.54 Å². The van der Waals surface area contributed by atoms with E-state index in [0.29, 0.717) is 12.1 Å². The molecule has 5 heteroatoms. The van der Waals surface area contributed by atoms with Gasteiger partial charge in [0.2, 0.25) is 5.91 Å². The quantitative estimate of drug-likeness (QED) is 0.416. The van der Waals surface area contributed by atoms with Gasteiger partial charge in [-0.3, -0.25) is 4.79 Å². The van der Waals surface area contributed by atoms with Crippen LogP contribution in [0.25, 0.3) is 32.2 Å². The molecule has 0 atom stereocenters. The maximum Gasteiger partial charge on any atom is 0.249 e. The molecule has 4 nitrogen and oxygen atoms in total. The molecule has 5 aromatic rings. The van der Waals surface area contributed by atoms with E-state index in [9.17, 15) is 4.79 Å². The zero-order valence-electron chi connectivity index (χ0n) is 16.4. The molecule has 0 aliphatic heterocycles. The van der Waals surface area contributed by atoms with Crippen molar-refractivity contribution in [2.75, 3.05) is 7.11 Å². The van der Waals surface area contributed by atoms with E-state index in [4.69, 9.17) is 10.5 Å². The largest absolute Gasteiger partial charge is 0.497 e. The van der Waals surface area contributed by atoms with Crippen LogP contribution in [0, 0.1) is 6.07 Å². The number of methoxy groups -OCH3 is 1. The van der Waals surface area contributed by atoms with Gasteiger partial charge in [0.05, 0.1) is 18.1 Å². The van der Waals surface area contributed by atoms with Crippen LogP contribution in [0.2, 0.25) is 0 Å². The third kappa shape index (κ3) is 3.04. The molecule has 0 saturated heterocycles. The number of benzene rings is 3. The number of aromatic nitrogens is 1. The Bertz CT molecular complexity index is 1370. The zero-order chi connectivity index (χ0) is 20.7. The first-order chi connectivity index (χ1) is 14.7. The SMILES string of the molecule is COc1ccc(Cn2c3cc(-c4cccs4)c[c]c3c3c(C(N)=O)cccc32)cc1. The molecular formula is C25H19N2O2S. The molecule has 2 aromatic heterocycles. The highest BCUT2D eigenvalue weighted by molar-refractivity contribution is 7.13. The Morgan fingerprint density at radius 1 is 1.10 bits per heavy atom. The zero-order valence-corrected chi connectivity index (χ0v) is 17.2. The van der Waals surface area contributed by atoms with E-state index in [1.54, 1.807) is 24.5 Å². The van der Waals surface area contributed by atoms with Crippen LogP contribution in [-0.2, 0) is 6.54 Å². The van der Waals surface area contributed by atoms with Crippen LogP contribution < -0.4 is 10.5 Å². The predicted molar refractivity (Wildman–Crippen MR) is 122 cm³/mol. The van der Waals surface area contributed by atoms with Crippen molar-refractivity contribution in [1.82, 2.24) is 4.57 Å². The molecule has 30 heavy (non-hydrogen) atoms. The summed E-state index contributed by atoms with van der Waals surface area (Å²) in [4.78, 5) is 13.3. The minimum absolute atomic E-state index is 0.431. The van der Waals surface area contributed by atoms with Gasteiger partial charge in [-0.2, -0.15) is 0 Å². The second kappa shape index (κ2) is 7.35. The molecular weight excluding hydrogens is 392 g/mol. The van der Waals surface area contributed by atoms with Crippen molar-refractivity contribution in [3.8, 4) is 16.2 Å². The van der Waals surface area contributed by atoms with Gasteiger partial charge in [-0.15, -0.1) is 11.3 Å². The molecule has 0 aliphatic rings. The Labute approximate surface area is 178 Å². The topological polar surface area (TPSA) is 57.2 Å². The second-order valence-corrected chi connectivity index (χ2v) is 8.07. The van der Waals surface area contributed by atoms with E-state index in [2.05, 4.69) is 40.3 Å². The number of nitrogens with two attached hydrogens (primary N) is 1.